The van der Waals surface area contributed by atoms with E-state index < -0.39 is 0 Å². The van der Waals surface area contributed by atoms with Crippen molar-refractivity contribution in [2.45, 2.75) is 45.3 Å². The highest BCUT2D eigenvalue weighted by Crippen LogP contribution is 2.21. The van der Waals surface area contributed by atoms with E-state index in [1.165, 1.54) is 0 Å². The molecule has 1 N–H and O–H groups in total. The van der Waals surface area contributed by atoms with E-state index >= 15 is 0 Å². The summed E-state index contributed by atoms with van der Waals surface area (Å²) in [5.41, 5.74) is 0. The van der Waals surface area contributed by atoms with Crippen LogP contribution in [0.3, 0.4) is 0 Å². The molecule has 3 heterocycles. The van der Waals surface area contributed by atoms with Crippen molar-refractivity contribution in [3.63, 3.8) is 0 Å². The van der Waals surface area contributed by atoms with Gasteiger partial charge in [-0.05, 0) is 12.5 Å². The van der Waals surface area contributed by atoms with Crippen molar-refractivity contribution in [1.29, 1.82) is 0 Å². The number of ether oxygens (including phenoxy) is 1. The zero-order valence-electron chi connectivity index (χ0n) is 14.2. The second-order valence-electron chi connectivity index (χ2n) is 6.31. The van der Waals surface area contributed by atoms with Gasteiger partial charge in [-0.3, -0.25) is 14.6 Å². The Bertz CT molecular complexity index is 651. The molecule has 8 heteroatoms. The average Bonchev–Trinajstić information content (AvgIpc) is 3.26. The SMILES string of the molecule is CC(C)c1n[nH]c([C@H]2CN(C(=O)CCCn3cccn3)CCO2)n1. The topological polar surface area (TPSA) is 88.9 Å². The summed E-state index contributed by atoms with van der Waals surface area (Å²) >= 11 is 0. The molecule has 24 heavy (non-hydrogen) atoms. The number of aromatic amines is 1. The number of hydrogen-bond donors (Lipinski definition) is 1. The molecule has 1 atom stereocenters. The highest BCUT2D eigenvalue weighted by atomic mass is 16.5. The van der Waals surface area contributed by atoms with Gasteiger partial charge in [0, 0.05) is 37.8 Å². The molecule has 2 aromatic heterocycles. The van der Waals surface area contributed by atoms with Crippen LogP contribution >= 0.6 is 0 Å². The number of rotatable bonds is 6. The van der Waals surface area contributed by atoms with Crippen LogP contribution in [0.25, 0.3) is 0 Å². The average molecular weight is 332 g/mol. The third-order valence-electron chi connectivity index (χ3n) is 4.10. The van der Waals surface area contributed by atoms with Gasteiger partial charge in [-0.15, -0.1) is 0 Å². The first-order valence-electron chi connectivity index (χ1n) is 8.42. The Labute approximate surface area is 141 Å². The molecule has 0 radical (unpaired) electrons. The number of hydrogen-bond acceptors (Lipinski definition) is 5. The normalized spacial score (nSPS) is 18.3. The van der Waals surface area contributed by atoms with Crippen molar-refractivity contribution < 1.29 is 9.53 Å². The fraction of sp³-hybridized carbons (Fsp3) is 0.625. The lowest BCUT2D eigenvalue weighted by molar-refractivity contribution is -0.139. The molecule has 0 saturated carbocycles. The highest BCUT2D eigenvalue weighted by Gasteiger charge is 2.27. The summed E-state index contributed by atoms with van der Waals surface area (Å²) in [5, 5.41) is 11.3. The van der Waals surface area contributed by atoms with Gasteiger partial charge in [0.15, 0.2) is 11.6 Å². The van der Waals surface area contributed by atoms with Crippen LogP contribution < -0.4 is 0 Å². The fourth-order valence-electron chi connectivity index (χ4n) is 2.71. The van der Waals surface area contributed by atoms with Gasteiger partial charge in [0.1, 0.15) is 6.10 Å². The number of nitrogens with one attached hydrogen (secondary N) is 1. The summed E-state index contributed by atoms with van der Waals surface area (Å²) in [7, 11) is 0. The van der Waals surface area contributed by atoms with Gasteiger partial charge in [0.2, 0.25) is 5.91 Å². The lowest BCUT2D eigenvalue weighted by Crippen LogP contribution is -2.42. The van der Waals surface area contributed by atoms with Crippen molar-refractivity contribution in [3.8, 4) is 0 Å². The number of H-pyrrole nitrogens is 1. The van der Waals surface area contributed by atoms with Crippen LogP contribution in [0, 0.1) is 0 Å². The Morgan fingerprint density at radius 1 is 1.50 bits per heavy atom. The van der Waals surface area contributed by atoms with Crippen molar-refractivity contribution >= 4 is 5.91 Å². The molecule has 0 bridgehead atoms. The van der Waals surface area contributed by atoms with Crippen LogP contribution in [0.4, 0.5) is 0 Å². The monoisotopic (exact) mass is 332 g/mol. The standard InChI is InChI=1S/C16H24N6O2/c1-12(2)15-18-16(20-19-15)13-11-21(9-10-24-13)14(23)5-3-7-22-8-4-6-17-22/h4,6,8,12-13H,3,5,7,9-11H2,1-2H3,(H,18,19,20)/t13-/m1/s1. The summed E-state index contributed by atoms with van der Waals surface area (Å²) in [4.78, 5) is 18.7. The fourth-order valence-corrected chi connectivity index (χ4v) is 2.71. The van der Waals surface area contributed by atoms with Gasteiger partial charge < -0.3 is 9.64 Å². The number of carbonyl (C=O) groups is 1. The van der Waals surface area contributed by atoms with E-state index in [2.05, 4.69) is 20.3 Å². The minimum Gasteiger partial charge on any atom is -0.367 e. The molecule has 0 unspecified atom stereocenters. The molecule has 1 fully saturated rings. The lowest BCUT2D eigenvalue weighted by atomic mass is 10.2. The maximum Gasteiger partial charge on any atom is 0.222 e. The number of morpholine rings is 1. The van der Waals surface area contributed by atoms with Crippen LogP contribution in [-0.4, -0.2) is 55.5 Å². The van der Waals surface area contributed by atoms with E-state index in [0.29, 0.717) is 31.9 Å². The lowest BCUT2D eigenvalue weighted by Gasteiger charge is -2.32. The first-order chi connectivity index (χ1) is 11.6. The molecule has 0 aliphatic carbocycles. The van der Waals surface area contributed by atoms with Gasteiger partial charge in [-0.2, -0.15) is 10.2 Å². The molecule has 1 aliphatic rings. The van der Waals surface area contributed by atoms with Crippen LogP contribution in [0.5, 0.6) is 0 Å². The minimum atomic E-state index is -0.228. The quantitative estimate of drug-likeness (QED) is 0.866. The summed E-state index contributed by atoms with van der Waals surface area (Å²) in [6.07, 6.45) is 4.72. The Kier molecular flexibility index (Phi) is 5.24. The molecule has 2 aromatic rings. The van der Waals surface area contributed by atoms with Crippen LogP contribution in [-0.2, 0) is 16.1 Å². The first-order valence-corrected chi connectivity index (χ1v) is 8.42. The van der Waals surface area contributed by atoms with Crippen LogP contribution in [0.2, 0.25) is 0 Å². The van der Waals surface area contributed by atoms with Crippen LogP contribution in [0.1, 0.15) is 50.4 Å². The second kappa shape index (κ2) is 7.57. The predicted molar refractivity (Wildman–Crippen MR) is 87.2 cm³/mol. The van der Waals surface area contributed by atoms with Gasteiger partial charge in [0.25, 0.3) is 0 Å². The maximum atomic E-state index is 12.4. The Hall–Kier alpha value is -2.22. The molecule has 0 aromatic carbocycles. The van der Waals surface area contributed by atoms with E-state index in [0.717, 1.165) is 18.8 Å². The van der Waals surface area contributed by atoms with E-state index in [-0.39, 0.29) is 17.9 Å². The Morgan fingerprint density at radius 2 is 2.38 bits per heavy atom. The van der Waals surface area contributed by atoms with Gasteiger partial charge >= 0.3 is 0 Å². The molecule has 1 aliphatic heterocycles. The predicted octanol–water partition coefficient (Wildman–Crippen LogP) is 1.50. The van der Waals surface area contributed by atoms with Crippen molar-refractivity contribution in [2.75, 3.05) is 19.7 Å². The second-order valence-corrected chi connectivity index (χ2v) is 6.31. The molecule has 3 rings (SSSR count). The van der Waals surface area contributed by atoms with Crippen molar-refractivity contribution in [3.05, 3.63) is 30.1 Å². The van der Waals surface area contributed by atoms with E-state index in [4.69, 9.17) is 4.74 Å². The number of aryl methyl sites for hydroxylation is 1. The molecular formula is C16H24N6O2. The number of amides is 1. The third-order valence-corrected chi connectivity index (χ3v) is 4.10. The maximum absolute atomic E-state index is 12.4. The van der Waals surface area contributed by atoms with E-state index in [9.17, 15) is 4.79 Å². The Balaban J connectivity index is 1.51. The summed E-state index contributed by atoms with van der Waals surface area (Å²) < 4.78 is 7.60. The summed E-state index contributed by atoms with van der Waals surface area (Å²) in [5.74, 6) is 1.89. The zero-order valence-corrected chi connectivity index (χ0v) is 14.2. The van der Waals surface area contributed by atoms with E-state index in [1.807, 2.05) is 35.7 Å². The largest absolute Gasteiger partial charge is 0.367 e. The van der Waals surface area contributed by atoms with Gasteiger partial charge in [0.05, 0.1) is 13.2 Å². The number of nitrogens with zero attached hydrogens (tertiary/aromatic N) is 5. The van der Waals surface area contributed by atoms with Gasteiger partial charge in [-0.1, -0.05) is 13.8 Å². The van der Waals surface area contributed by atoms with Crippen LogP contribution in [0.15, 0.2) is 18.5 Å². The van der Waals surface area contributed by atoms with E-state index in [1.54, 1.807) is 6.20 Å². The Morgan fingerprint density at radius 3 is 3.08 bits per heavy atom. The highest BCUT2D eigenvalue weighted by molar-refractivity contribution is 5.76. The number of carbonyl (C=O) groups excluding carboxylic acids is 1. The smallest absolute Gasteiger partial charge is 0.222 e. The van der Waals surface area contributed by atoms with Crippen molar-refractivity contribution in [2.24, 2.45) is 0 Å². The van der Waals surface area contributed by atoms with Gasteiger partial charge in [-0.25, -0.2) is 4.98 Å². The summed E-state index contributed by atoms with van der Waals surface area (Å²) in [6.45, 7) is 6.52. The first kappa shape index (κ1) is 16.6. The summed E-state index contributed by atoms with van der Waals surface area (Å²) in [6, 6.07) is 1.89. The third kappa shape index (κ3) is 4.00. The molecule has 0 spiro atoms. The minimum absolute atomic E-state index is 0.152. The molecular weight excluding hydrogens is 308 g/mol. The van der Waals surface area contributed by atoms with Crippen molar-refractivity contribution in [1.82, 2.24) is 29.9 Å². The number of aromatic nitrogens is 5. The molecule has 1 saturated heterocycles. The zero-order chi connectivity index (χ0) is 16.9. The molecule has 8 nitrogen and oxygen atoms in total. The molecule has 130 valence electrons. The molecule has 1 amide bonds.